The summed E-state index contributed by atoms with van der Waals surface area (Å²) < 4.78 is 0. The van der Waals surface area contributed by atoms with Gasteiger partial charge in [-0.3, -0.25) is 4.79 Å². The average Bonchev–Trinajstić information content (AvgIpc) is 2.53. The fraction of sp³-hybridized carbons (Fsp3) is 0.562. The largest absolute Gasteiger partial charge is 0.368 e. The number of amides is 1. The van der Waals surface area contributed by atoms with Gasteiger partial charge in [0.1, 0.15) is 0 Å². The third-order valence-electron chi connectivity index (χ3n) is 4.31. The Morgan fingerprint density at radius 1 is 1.33 bits per heavy atom. The first-order valence-corrected chi connectivity index (χ1v) is 7.95. The molecule has 1 aromatic rings. The molecule has 0 saturated carbocycles. The van der Waals surface area contributed by atoms with Gasteiger partial charge in [0.25, 0.3) is 0 Å². The van der Waals surface area contributed by atoms with Crippen LogP contribution in [0.15, 0.2) is 24.3 Å². The number of anilines is 1. The average molecular weight is 310 g/mol. The van der Waals surface area contributed by atoms with Crippen LogP contribution in [0.2, 0.25) is 5.02 Å². The van der Waals surface area contributed by atoms with E-state index in [0.29, 0.717) is 0 Å². The van der Waals surface area contributed by atoms with E-state index in [1.807, 2.05) is 36.1 Å². The van der Waals surface area contributed by atoms with E-state index in [4.69, 9.17) is 17.3 Å². The summed E-state index contributed by atoms with van der Waals surface area (Å²) in [6.07, 6.45) is 0.926. The first kappa shape index (κ1) is 16.1. The van der Waals surface area contributed by atoms with Crippen molar-refractivity contribution in [3.8, 4) is 0 Å². The van der Waals surface area contributed by atoms with Crippen molar-refractivity contribution in [1.29, 1.82) is 0 Å². The highest BCUT2D eigenvalue weighted by Crippen LogP contribution is 2.21. The molecule has 0 aromatic heterocycles. The number of rotatable bonds is 4. The molecule has 116 valence electrons. The molecule has 21 heavy (non-hydrogen) atoms. The number of hydrogen-bond donors (Lipinski definition) is 1. The summed E-state index contributed by atoms with van der Waals surface area (Å²) in [5.41, 5.74) is 7.16. The molecule has 1 heterocycles. The predicted molar refractivity (Wildman–Crippen MR) is 87.7 cm³/mol. The lowest BCUT2D eigenvalue weighted by Crippen LogP contribution is -2.54. The molecule has 0 bridgehead atoms. The smallest absolute Gasteiger partial charge is 0.239 e. The molecule has 1 aliphatic rings. The predicted octanol–water partition coefficient (Wildman–Crippen LogP) is 2.36. The number of halogens is 1. The number of carbonyl (C=O) groups is 1. The number of nitrogens with two attached hydrogens (primary N) is 1. The van der Waals surface area contributed by atoms with Crippen molar-refractivity contribution in [2.24, 2.45) is 11.7 Å². The summed E-state index contributed by atoms with van der Waals surface area (Å²) in [4.78, 5) is 16.5. The molecule has 1 fully saturated rings. The molecule has 1 aliphatic heterocycles. The number of benzene rings is 1. The molecule has 2 N–H and O–H groups in total. The zero-order valence-electron chi connectivity index (χ0n) is 12.8. The molecule has 1 amide bonds. The van der Waals surface area contributed by atoms with Crippen LogP contribution in [0.5, 0.6) is 0 Å². The first-order valence-electron chi connectivity index (χ1n) is 7.57. The summed E-state index contributed by atoms with van der Waals surface area (Å²) in [6, 6.07) is 7.45. The highest BCUT2D eigenvalue weighted by molar-refractivity contribution is 6.30. The Morgan fingerprint density at radius 2 is 2.00 bits per heavy atom. The molecule has 2 atom stereocenters. The van der Waals surface area contributed by atoms with Gasteiger partial charge < -0.3 is 15.5 Å². The van der Waals surface area contributed by atoms with Gasteiger partial charge in [-0.25, -0.2) is 0 Å². The lowest BCUT2D eigenvalue weighted by atomic mass is 9.98. The van der Waals surface area contributed by atoms with Crippen molar-refractivity contribution in [2.45, 2.75) is 26.3 Å². The standard InChI is InChI=1S/C16H24ClN3O/c1-3-12(2)15(18)16(21)20-9-7-19(8-10-20)14-6-4-5-13(17)11-14/h4-6,11-12,15H,3,7-10,18H2,1-2H3/t12-,15-/m0/s1. The molecule has 0 radical (unpaired) electrons. The van der Waals surface area contributed by atoms with E-state index in [1.54, 1.807) is 0 Å². The van der Waals surface area contributed by atoms with Crippen LogP contribution in [0.25, 0.3) is 0 Å². The van der Waals surface area contributed by atoms with E-state index in [2.05, 4.69) is 11.8 Å². The van der Waals surface area contributed by atoms with Crippen molar-refractivity contribution in [3.05, 3.63) is 29.3 Å². The van der Waals surface area contributed by atoms with E-state index in [-0.39, 0.29) is 17.9 Å². The van der Waals surface area contributed by atoms with Gasteiger partial charge >= 0.3 is 0 Å². The van der Waals surface area contributed by atoms with Gasteiger partial charge in [-0.1, -0.05) is 37.9 Å². The molecule has 2 rings (SSSR count). The summed E-state index contributed by atoms with van der Waals surface area (Å²) in [6.45, 7) is 7.17. The fourth-order valence-electron chi connectivity index (χ4n) is 2.57. The van der Waals surface area contributed by atoms with E-state index >= 15 is 0 Å². The lowest BCUT2D eigenvalue weighted by Gasteiger charge is -2.37. The minimum Gasteiger partial charge on any atom is -0.368 e. The third kappa shape index (κ3) is 3.89. The molecular weight excluding hydrogens is 286 g/mol. The van der Waals surface area contributed by atoms with Crippen LogP contribution in [-0.2, 0) is 4.79 Å². The number of carbonyl (C=O) groups excluding carboxylic acids is 1. The number of hydrogen-bond acceptors (Lipinski definition) is 3. The minimum atomic E-state index is -0.382. The van der Waals surface area contributed by atoms with Crippen LogP contribution in [0.3, 0.4) is 0 Å². The van der Waals surface area contributed by atoms with Gasteiger partial charge in [0.15, 0.2) is 0 Å². The second kappa shape index (κ2) is 7.14. The second-order valence-electron chi connectivity index (χ2n) is 5.70. The van der Waals surface area contributed by atoms with Gasteiger partial charge in [-0.2, -0.15) is 0 Å². The maximum Gasteiger partial charge on any atom is 0.239 e. The molecular formula is C16H24ClN3O. The van der Waals surface area contributed by atoms with Crippen LogP contribution in [-0.4, -0.2) is 43.0 Å². The second-order valence-corrected chi connectivity index (χ2v) is 6.14. The van der Waals surface area contributed by atoms with Crippen LogP contribution >= 0.6 is 11.6 Å². The van der Waals surface area contributed by atoms with E-state index in [9.17, 15) is 4.79 Å². The minimum absolute atomic E-state index is 0.0788. The van der Waals surface area contributed by atoms with Gasteiger partial charge in [0, 0.05) is 36.9 Å². The third-order valence-corrected chi connectivity index (χ3v) is 4.54. The Kier molecular flexibility index (Phi) is 5.48. The lowest BCUT2D eigenvalue weighted by molar-refractivity contribution is -0.134. The Bertz CT molecular complexity index is 486. The SMILES string of the molecule is CC[C@H](C)[C@H](N)C(=O)N1CCN(c2cccc(Cl)c2)CC1. The van der Waals surface area contributed by atoms with Gasteiger partial charge in [0.05, 0.1) is 6.04 Å². The van der Waals surface area contributed by atoms with Crippen LogP contribution < -0.4 is 10.6 Å². The topological polar surface area (TPSA) is 49.6 Å². The van der Waals surface area contributed by atoms with Crippen molar-refractivity contribution in [1.82, 2.24) is 4.90 Å². The van der Waals surface area contributed by atoms with Crippen LogP contribution in [0.1, 0.15) is 20.3 Å². The maximum atomic E-state index is 12.4. The Morgan fingerprint density at radius 3 is 2.57 bits per heavy atom. The summed E-state index contributed by atoms with van der Waals surface area (Å²) in [5, 5.41) is 0.741. The monoisotopic (exact) mass is 309 g/mol. The first-order chi connectivity index (χ1) is 10.0. The summed E-state index contributed by atoms with van der Waals surface area (Å²) in [5.74, 6) is 0.304. The molecule has 0 unspecified atom stereocenters. The molecule has 5 heteroatoms. The Labute approximate surface area is 131 Å². The van der Waals surface area contributed by atoms with Crippen LogP contribution in [0.4, 0.5) is 5.69 Å². The summed E-state index contributed by atoms with van der Waals surface area (Å²) >= 11 is 6.03. The number of piperazine rings is 1. The maximum absolute atomic E-state index is 12.4. The highest BCUT2D eigenvalue weighted by Gasteiger charge is 2.27. The van der Waals surface area contributed by atoms with Gasteiger partial charge in [-0.15, -0.1) is 0 Å². The van der Waals surface area contributed by atoms with Gasteiger partial charge in [-0.05, 0) is 24.1 Å². The molecule has 0 aliphatic carbocycles. The number of nitrogens with zero attached hydrogens (tertiary/aromatic N) is 2. The zero-order chi connectivity index (χ0) is 15.4. The Hall–Kier alpha value is -1.26. The van der Waals surface area contributed by atoms with E-state index in [1.165, 1.54) is 0 Å². The van der Waals surface area contributed by atoms with E-state index in [0.717, 1.165) is 43.3 Å². The summed E-state index contributed by atoms with van der Waals surface area (Å²) in [7, 11) is 0. The molecule has 0 spiro atoms. The quantitative estimate of drug-likeness (QED) is 0.929. The molecule has 1 saturated heterocycles. The molecule has 4 nitrogen and oxygen atoms in total. The zero-order valence-corrected chi connectivity index (χ0v) is 13.5. The Balaban J connectivity index is 1.92. The van der Waals surface area contributed by atoms with Crippen molar-refractivity contribution >= 4 is 23.2 Å². The van der Waals surface area contributed by atoms with Crippen molar-refractivity contribution in [2.75, 3.05) is 31.1 Å². The molecule has 1 aromatic carbocycles. The van der Waals surface area contributed by atoms with Gasteiger partial charge in [0.2, 0.25) is 5.91 Å². The van der Waals surface area contributed by atoms with Crippen molar-refractivity contribution < 1.29 is 4.79 Å². The normalized spacial score (nSPS) is 18.5. The van der Waals surface area contributed by atoms with Crippen LogP contribution in [0, 0.1) is 5.92 Å². The van der Waals surface area contributed by atoms with Crippen molar-refractivity contribution in [3.63, 3.8) is 0 Å². The van der Waals surface area contributed by atoms with E-state index < -0.39 is 0 Å². The highest BCUT2D eigenvalue weighted by atomic mass is 35.5. The fourth-order valence-corrected chi connectivity index (χ4v) is 2.75.